The Morgan fingerprint density at radius 2 is 2.21 bits per heavy atom. The maximum Gasteiger partial charge on any atom is 0.239 e. The SMILES string of the molecule is NCc1cccc2c1ccn2CC(=O)NCC1CC1. The van der Waals surface area contributed by atoms with E-state index >= 15 is 0 Å². The number of nitrogens with one attached hydrogen (secondary N) is 1. The van der Waals surface area contributed by atoms with E-state index < -0.39 is 0 Å². The molecular formula is C15H19N3O. The van der Waals surface area contributed by atoms with Gasteiger partial charge in [-0.05, 0) is 36.5 Å². The summed E-state index contributed by atoms with van der Waals surface area (Å²) in [5.74, 6) is 0.803. The van der Waals surface area contributed by atoms with Crippen molar-refractivity contribution in [3.63, 3.8) is 0 Å². The maximum atomic E-state index is 11.9. The average molecular weight is 257 g/mol. The van der Waals surface area contributed by atoms with Crippen LogP contribution < -0.4 is 11.1 Å². The highest BCUT2D eigenvalue weighted by atomic mass is 16.1. The number of rotatable bonds is 5. The Hall–Kier alpha value is -1.81. The van der Waals surface area contributed by atoms with Crippen molar-refractivity contribution in [1.82, 2.24) is 9.88 Å². The third kappa shape index (κ3) is 2.63. The number of hydrogen-bond donors (Lipinski definition) is 2. The summed E-state index contributed by atoms with van der Waals surface area (Å²) in [5.41, 5.74) is 7.92. The summed E-state index contributed by atoms with van der Waals surface area (Å²) in [6.07, 6.45) is 4.47. The van der Waals surface area contributed by atoms with Crippen molar-refractivity contribution in [3.8, 4) is 0 Å². The lowest BCUT2D eigenvalue weighted by atomic mass is 10.1. The van der Waals surface area contributed by atoms with Crippen LogP contribution in [0.2, 0.25) is 0 Å². The van der Waals surface area contributed by atoms with Gasteiger partial charge in [0.2, 0.25) is 5.91 Å². The van der Waals surface area contributed by atoms with E-state index in [0.29, 0.717) is 19.0 Å². The lowest BCUT2D eigenvalue weighted by Crippen LogP contribution is -2.29. The van der Waals surface area contributed by atoms with Crippen LogP contribution in [0.3, 0.4) is 0 Å². The van der Waals surface area contributed by atoms with Gasteiger partial charge < -0.3 is 15.6 Å². The van der Waals surface area contributed by atoms with E-state index in [0.717, 1.165) is 23.0 Å². The van der Waals surface area contributed by atoms with Crippen LogP contribution in [0, 0.1) is 5.92 Å². The minimum absolute atomic E-state index is 0.0857. The van der Waals surface area contributed by atoms with Gasteiger partial charge in [0.1, 0.15) is 6.54 Å². The molecular weight excluding hydrogens is 238 g/mol. The van der Waals surface area contributed by atoms with Crippen molar-refractivity contribution in [3.05, 3.63) is 36.0 Å². The number of carbonyl (C=O) groups is 1. The van der Waals surface area contributed by atoms with Crippen LogP contribution in [-0.2, 0) is 17.9 Å². The first kappa shape index (κ1) is 12.2. The molecule has 3 rings (SSSR count). The molecule has 4 nitrogen and oxygen atoms in total. The largest absolute Gasteiger partial charge is 0.354 e. The summed E-state index contributed by atoms with van der Waals surface area (Å²) in [7, 11) is 0. The van der Waals surface area contributed by atoms with E-state index in [4.69, 9.17) is 5.73 Å². The van der Waals surface area contributed by atoms with Crippen LogP contribution in [0.4, 0.5) is 0 Å². The summed E-state index contributed by atoms with van der Waals surface area (Å²) in [6.45, 7) is 1.73. The topological polar surface area (TPSA) is 60.0 Å². The maximum absolute atomic E-state index is 11.9. The third-order valence-electron chi connectivity index (χ3n) is 3.72. The first-order valence-electron chi connectivity index (χ1n) is 6.81. The van der Waals surface area contributed by atoms with Gasteiger partial charge in [0, 0.05) is 30.2 Å². The fourth-order valence-corrected chi connectivity index (χ4v) is 2.39. The highest BCUT2D eigenvalue weighted by Crippen LogP contribution is 2.27. The summed E-state index contributed by atoms with van der Waals surface area (Å²) < 4.78 is 1.98. The summed E-state index contributed by atoms with van der Waals surface area (Å²) >= 11 is 0. The zero-order valence-corrected chi connectivity index (χ0v) is 10.9. The highest BCUT2D eigenvalue weighted by Gasteiger charge is 2.21. The fraction of sp³-hybridized carbons (Fsp3) is 0.400. The molecule has 1 aromatic carbocycles. The van der Waals surface area contributed by atoms with Gasteiger partial charge >= 0.3 is 0 Å². The molecule has 19 heavy (non-hydrogen) atoms. The molecule has 0 bridgehead atoms. The second-order valence-electron chi connectivity index (χ2n) is 5.25. The Morgan fingerprint density at radius 1 is 1.37 bits per heavy atom. The second kappa shape index (κ2) is 5.05. The van der Waals surface area contributed by atoms with Crippen molar-refractivity contribution < 1.29 is 4.79 Å². The molecule has 0 unspecified atom stereocenters. The number of benzene rings is 1. The fourth-order valence-electron chi connectivity index (χ4n) is 2.39. The van der Waals surface area contributed by atoms with Crippen LogP contribution in [0.25, 0.3) is 10.9 Å². The molecule has 1 fully saturated rings. The molecule has 1 saturated carbocycles. The van der Waals surface area contributed by atoms with E-state index in [1.807, 2.05) is 35.0 Å². The molecule has 4 heteroatoms. The van der Waals surface area contributed by atoms with E-state index in [1.165, 1.54) is 12.8 Å². The van der Waals surface area contributed by atoms with E-state index in [1.54, 1.807) is 0 Å². The summed E-state index contributed by atoms with van der Waals surface area (Å²) in [5, 5.41) is 4.13. The Kier molecular flexibility index (Phi) is 3.25. The van der Waals surface area contributed by atoms with Gasteiger partial charge in [0.15, 0.2) is 0 Å². The summed E-state index contributed by atoms with van der Waals surface area (Å²) in [4.78, 5) is 11.9. The molecule has 1 amide bonds. The van der Waals surface area contributed by atoms with Crippen molar-refractivity contribution in [2.24, 2.45) is 11.7 Å². The summed E-state index contributed by atoms with van der Waals surface area (Å²) in [6, 6.07) is 8.08. The van der Waals surface area contributed by atoms with Gasteiger partial charge in [0.25, 0.3) is 0 Å². The number of nitrogens with zero attached hydrogens (tertiary/aromatic N) is 1. The molecule has 1 aliphatic carbocycles. The Balaban J connectivity index is 1.75. The molecule has 0 radical (unpaired) electrons. The predicted molar refractivity (Wildman–Crippen MR) is 75.6 cm³/mol. The van der Waals surface area contributed by atoms with Gasteiger partial charge in [-0.15, -0.1) is 0 Å². The standard InChI is InChI=1S/C15H19N3O/c16-8-12-2-1-3-14-13(12)6-7-18(14)10-15(19)17-9-11-4-5-11/h1-3,6-7,11H,4-5,8-10,16H2,(H,17,19). The number of hydrogen-bond acceptors (Lipinski definition) is 2. The minimum Gasteiger partial charge on any atom is -0.354 e. The monoisotopic (exact) mass is 257 g/mol. The van der Waals surface area contributed by atoms with Gasteiger partial charge in [0.05, 0.1) is 0 Å². The predicted octanol–water partition coefficient (Wildman–Crippen LogP) is 1.63. The molecule has 0 aliphatic heterocycles. The van der Waals surface area contributed by atoms with Crippen molar-refractivity contribution in [2.75, 3.05) is 6.54 Å². The molecule has 1 aromatic heterocycles. The first-order chi connectivity index (χ1) is 9.28. The van der Waals surface area contributed by atoms with Crippen LogP contribution in [0.1, 0.15) is 18.4 Å². The number of aromatic nitrogens is 1. The van der Waals surface area contributed by atoms with E-state index in [9.17, 15) is 4.79 Å². The second-order valence-corrected chi connectivity index (χ2v) is 5.25. The van der Waals surface area contributed by atoms with Crippen LogP contribution in [0.5, 0.6) is 0 Å². The van der Waals surface area contributed by atoms with Gasteiger partial charge in [-0.2, -0.15) is 0 Å². The lowest BCUT2D eigenvalue weighted by molar-refractivity contribution is -0.121. The van der Waals surface area contributed by atoms with E-state index in [-0.39, 0.29) is 5.91 Å². The zero-order chi connectivity index (χ0) is 13.2. The smallest absolute Gasteiger partial charge is 0.239 e. The van der Waals surface area contributed by atoms with Crippen molar-refractivity contribution >= 4 is 16.8 Å². The Morgan fingerprint density at radius 3 is 2.95 bits per heavy atom. The Bertz CT molecular complexity index is 598. The number of carbonyl (C=O) groups excluding carboxylic acids is 1. The molecule has 100 valence electrons. The quantitative estimate of drug-likeness (QED) is 0.855. The lowest BCUT2D eigenvalue weighted by Gasteiger charge is -2.07. The van der Waals surface area contributed by atoms with Gasteiger partial charge in [-0.1, -0.05) is 12.1 Å². The average Bonchev–Trinajstić information content (AvgIpc) is 3.18. The molecule has 0 atom stereocenters. The molecule has 0 saturated heterocycles. The first-order valence-corrected chi connectivity index (χ1v) is 6.81. The van der Waals surface area contributed by atoms with Crippen LogP contribution >= 0.6 is 0 Å². The number of amides is 1. The Labute approximate surface area is 112 Å². The van der Waals surface area contributed by atoms with Crippen molar-refractivity contribution in [2.45, 2.75) is 25.9 Å². The molecule has 0 spiro atoms. The molecule has 3 N–H and O–H groups in total. The normalized spacial score (nSPS) is 14.8. The third-order valence-corrected chi connectivity index (χ3v) is 3.72. The van der Waals surface area contributed by atoms with Gasteiger partial charge in [-0.25, -0.2) is 0 Å². The zero-order valence-electron chi connectivity index (χ0n) is 10.9. The molecule has 1 heterocycles. The van der Waals surface area contributed by atoms with Gasteiger partial charge in [-0.3, -0.25) is 4.79 Å². The highest BCUT2D eigenvalue weighted by molar-refractivity contribution is 5.85. The van der Waals surface area contributed by atoms with Crippen LogP contribution in [-0.4, -0.2) is 17.0 Å². The number of fused-ring (bicyclic) bond motifs is 1. The molecule has 2 aromatic rings. The molecule has 1 aliphatic rings. The minimum atomic E-state index is 0.0857. The van der Waals surface area contributed by atoms with Crippen molar-refractivity contribution in [1.29, 1.82) is 0 Å². The van der Waals surface area contributed by atoms with E-state index in [2.05, 4.69) is 5.32 Å². The van der Waals surface area contributed by atoms with Crippen LogP contribution in [0.15, 0.2) is 30.5 Å². The number of nitrogens with two attached hydrogens (primary N) is 1.